The van der Waals surface area contributed by atoms with Gasteiger partial charge in [-0.25, -0.2) is 0 Å². The number of nitrogens with one attached hydrogen (secondary N) is 2. The third-order valence-electron chi connectivity index (χ3n) is 3.79. The molecule has 2 aromatic rings. The number of rotatable bonds is 8. The minimum Gasteiger partial charge on any atom is -0.456 e. The predicted molar refractivity (Wildman–Crippen MR) is 111 cm³/mol. The zero-order chi connectivity index (χ0) is 20.5. The van der Waals surface area contributed by atoms with Crippen molar-refractivity contribution in [3.05, 3.63) is 63.1 Å². The van der Waals surface area contributed by atoms with Gasteiger partial charge in [-0.3, -0.25) is 14.4 Å². The summed E-state index contributed by atoms with van der Waals surface area (Å²) in [6, 6.07) is 12.8. The van der Waals surface area contributed by atoms with Crippen molar-refractivity contribution in [1.82, 2.24) is 5.32 Å². The summed E-state index contributed by atoms with van der Waals surface area (Å²) in [7, 11) is 0. The van der Waals surface area contributed by atoms with Crippen molar-refractivity contribution in [3.8, 4) is 0 Å². The number of ether oxygens (including phenoxy) is 1. The molecule has 0 heterocycles. The predicted octanol–water partition coefficient (Wildman–Crippen LogP) is 3.99. The Balaban J connectivity index is 1.68. The molecule has 2 amide bonds. The van der Waals surface area contributed by atoms with Gasteiger partial charge in [0.1, 0.15) is 0 Å². The molecule has 0 radical (unpaired) electrons. The highest BCUT2D eigenvalue weighted by molar-refractivity contribution is 9.10. The lowest BCUT2D eigenvalue weighted by atomic mass is 10.2. The molecule has 8 heteroatoms. The second-order valence-electron chi connectivity index (χ2n) is 6.05. The van der Waals surface area contributed by atoms with Crippen LogP contribution in [0.3, 0.4) is 0 Å². The summed E-state index contributed by atoms with van der Waals surface area (Å²) in [6.07, 6.45) is -0.105. The van der Waals surface area contributed by atoms with Gasteiger partial charge in [-0.1, -0.05) is 41.9 Å². The minimum absolute atomic E-state index is 0.00524. The quantitative estimate of drug-likeness (QED) is 0.575. The maximum atomic E-state index is 11.9. The highest BCUT2D eigenvalue weighted by Gasteiger charge is 2.12. The van der Waals surface area contributed by atoms with Crippen molar-refractivity contribution >= 4 is 51.0 Å². The van der Waals surface area contributed by atoms with Crippen molar-refractivity contribution in [2.45, 2.75) is 26.3 Å². The Kier molecular flexibility index (Phi) is 8.47. The molecule has 0 aromatic heterocycles. The number of carbonyl (C=O) groups is 3. The zero-order valence-electron chi connectivity index (χ0n) is 15.3. The summed E-state index contributed by atoms with van der Waals surface area (Å²) < 4.78 is 5.63. The first-order valence-electron chi connectivity index (χ1n) is 8.57. The maximum Gasteiger partial charge on any atom is 0.306 e. The molecule has 2 N–H and O–H groups in total. The standard InChI is InChI=1S/C20H20BrClN2O4/c1-13-9-15(21)16(22)10-17(13)24-19(26)12-28-20(27)8-7-18(25)23-11-14-5-3-2-4-6-14/h2-6,9-10H,7-8,11-12H2,1H3,(H,23,25)(H,24,26). The molecule has 0 fully saturated rings. The lowest BCUT2D eigenvalue weighted by Gasteiger charge is -2.10. The van der Waals surface area contributed by atoms with Gasteiger partial charge >= 0.3 is 5.97 Å². The number of esters is 1. The van der Waals surface area contributed by atoms with E-state index < -0.39 is 18.5 Å². The smallest absolute Gasteiger partial charge is 0.306 e. The van der Waals surface area contributed by atoms with Crippen LogP contribution in [0.5, 0.6) is 0 Å². The van der Waals surface area contributed by atoms with Gasteiger partial charge in [0.15, 0.2) is 6.61 Å². The average Bonchev–Trinajstić information content (AvgIpc) is 2.68. The molecule has 0 saturated carbocycles. The Morgan fingerprint density at radius 2 is 1.79 bits per heavy atom. The molecular formula is C20H20BrClN2O4. The van der Waals surface area contributed by atoms with E-state index in [4.69, 9.17) is 16.3 Å². The molecule has 0 spiro atoms. The average molecular weight is 468 g/mol. The zero-order valence-corrected chi connectivity index (χ0v) is 17.6. The Hall–Kier alpha value is -2.38. The Bertz CT molecular complexity index is 859. The minimum atomic E-state index is -0.615. The van der Waals surface area contributed by atoms with Crippen LogP contribution in [-0.2, 0) is 25.7 Å². The van der Waals surface area contributed by atoms with Gasteiger partial charge in [0.2, 0.25) is 5.91 Å². The number of aryl methyl sites for hydroxylation is 1. The normalized spacial score (nSPS) is 10.2. The number of anilines is 1. The Morgan fingerprint density at radius 1 is 1.07 bits per heavy atom. The summed E-state index contributed by atoms with van der Waals surface area (Å²) in [5.74, 6) is -1.36. The molecule has 0 saturated heterocycles. The number of hydrogen-bond donors (Lipinski definition) is 2. The fourth-order valence-corrected chi connectivity index (χ4v) is 2.91. The summed E-state index contributed by atoms with van der Waals surface area (Å²) >= 11 is 9.31. The highest BCUT2D eigenvalue weighted by atomic mass is 79.9. The number of amides is 2. The van der Waals surface area contributed by atoms with Crippen molar-refractivity contribution < 1.29 is 19.1 Å². The van der Waals surface area contributed by atoms with Crippen LogP contribution >= 0.6 is 27.5 Å². The fourth-order valence-electron chi connectivity index (χ4n) is 2.29. The number of carbonyl (C=O) groups excluding carboxylic acids is 3. The van der Waals surface area contributed by atoms with Crippen molar-refractivity contribution in [1.29, 1.82) is 0 Å². The van der Waals surface area contributed by atoms with Gasteiger partial charge in [-0.05, 0) is 46.1 Å². The van der Waals surface area contributed by atoms with Crippen LogP contribution in [-0.4, -0.2) is 24.4 Å². The number of hydrogen-bond acceptors (Lipinski definition) is 4. The Morgan fingerprint density at radius 3 is 2.50 bits per heavy atom. The van der Waals surface area contributed by atoms with E-state index >= 15 is 0 Å². The Labute approximate surface area is 176 Å². The summed E-state index contributed by atoms with van der Waals surface area (Å²) in [5.41, 5.74) is 2.32. The molecule has 0 unspecified atom stereocenters. The van der Waals surface area contributed by atoms with Crippen molar-refractivity contribution in [2.75, 3.05) is 11.9 Å². The third kappa shape index (κ3) is 7.32. The second-order valence-corrected chi connectivity index (χ2v) is 7.31. The molecule has 0 aliphatic carbocycles. The van der Waals surface area contributed by atoms with Gasteiger partial charge in [0.05, 0.1) is 11.4 Å². The van der Waals surface area contributed by atoms with Gasteiger partial charge in [-0.15, -0.1) is 0 Å². The molecule has 0 aliphatic rings. The van der Waals surface area contributed by atoms with Crippen LogP contribution in [0, 0.1) is 6.92 Å². The largest absolute Gasteiger partial charge is 0.456 e. The van der Waals surface area contributed by atoms with E-state index in [2.05, 4.69) is 26.6 Å². The SMILES string of the molecule is Cc1cc(Br)c(Cl)cc1NC(=O)COC(=O)CCC(=O)NCc1ccccc1. The second kappa shape index (κ2) is 10.8. The number of halogens is 2. The maximum absolute atomic E-state index is 11.9. The van der Waals surface area contributed by atoms with Crippen LogP contribution in [0.4, 0.5) is 5.69 Å². The molecule has 2 rings (SSSR count). The van der Waals surface area contributed by atoms with E-state index in [0.29, 0.717) is 17.3 Å². The summed E-state index contributed by atoms with van der Waals surface area (Å²) in [5, 5.41) is 5.82. The van der Waals surface area contributed by atoms with E-state index in [1.165, 1.54) is 0 Å². The van der Waals surface area contributed by atoms with Crippen LogP contribution in [0.1, 0.15) is 24.0 Å². The first kappa shape index (κ1) is 21.9. The fraction of sp³-hybridized carbons (Fsp3) is 0.250. The third-order valence-corrected chi connectivity index (χ3v) is 4.99. The lowest BCUT2D eigenvalue weighted by molar-refractivity contribution is -0.148. The molecule has 28 heavy (non-hydrogen) atoms. The van der Waals surface area contributed by atoms with E-state index in [-0.39, 0.29) is 18.7 Å². The van der Waals surface area contributed by atoms with E-state index in [0.717, 1.165) is 15.6 Å². The van der Waals surface area contributed by atoms with Crippen molar-refractivity contribution in [3.63, 3.8) is 0 Å². The molecular weight excluding hydrogens is 448 g/mol. The van der Waals surface area contributed by atoms with Gasteiger partial charge < -0.3 is 15.4 Å². The molecule has 6 nitrogen and oxygen atoms in total. The molecule has 0 bridgehead atoms. The topological polar surface area (TPSA) is 84.5 Å². The van der Waals surface area contributed by atoms with Gasteiger partial charge in [0.25, 0.3) is 5.91 Å². The van der Waals surface area contributed by atoms with Crippen molar-refractivity contribution in [2.24, 2.45) is 0 Å². The van der Waals surface area contributed by atoms with Crippen LogP contribution in [0.2, 0.25) is 5.02 Å². The molecule has 0 aliphatic heterocycles. The monoisotopic (exact) mass is 466 g/mol. The van der Waals surface area contributed by atoms with Crippen LogP contribution in [0.15, 0.2) is 46.9 Å². The number of benzene rings is 2. The lowest BCUT2D eigenvalue weighted by Crippen LogP contribution is -2.25. The first-order valence-corrected chi connectivity index (χ1v) is 9.74. The first-order chi connectivity index (χ1) is 13.3. The summed E-state index contributed by atoms with van der Waals surface area (Å²) in [4.78, 5) is 35.5. The molecule has 148 valence electrons. The highest BCUT2D eigenvalue weighted by Crippen LogP contribution is 2.28. The van der Waals surface area contributed by atoms with Gasteiger partial charge in [0, 0.05) is 23.1 Å². The summed E-state index contributed by atoms with van der Waals surface area (Å²) in [6.45, 7) is 1.78. The van der Waals surface area contributed by atoms with E-state index in [1.807, 2.05) is 37.3 Å². The molecule has 0 atom stereocenters. The molecule has 2 aromatic carbocycles. The van der Waals surface area contributed by atoms with E-state index in [1.54, 1.807) is 12.1 Å². The van der Waals surface area contributed by atoms with Crippen LogP contribution < -0.4 is 10.6 Å². The van der Waals surface area contributed by atoms with Crippen LogP contribution in [0.25, 0.3) is 0 Å². The van der Waals surface area contributed by atoms with Gasteiger partial charge in [-0.2, -0.15) is 0 Å². The van der Waals surface area contributed by atoms with E-state index in [9.17, 15) is 14.4 Å².